The minimum Gasteiger partial charge on any atom is -0.462 e. The number of carbonyl (C=O) groups excluding carboxylic acids is 4. The number of phosphoric acid groups is 2. The summed E-state index contributed by atoms with van der Waals surface area (Å²) < 4.78 is 68.3. The van der Waals surface area contributed by atoms with Crippen LogP contribution in [-0.2, 0) is 65.4 Å². The topological polar surface area (TPSA) is 237 Å². The predicted octanol–water partition coefficient (Wildman–Crippen LogP) is 20.6. The van der Waals surface area contributed by atoms with Gasteiger partial charge in [-0.25, -0.2) is 9.13 Å². The van der Waals surface area contributed by atoms with E-state index < -0.39 is 97.5 Å². The van der Waals surface area contributed by atoms with E-state index in [0.717, 1.165) is 115 Å². The minimum atomic E-state index is -4.96. The number of hydrogen-bond acceptors (Lipinski definition) is 15. The number of carbonyl (C=O) groups is 4. The zero-order valence-electron chi connectivity index (χ0n) is 59.5. The van der Waals surface area contributed by atoms with E-state index in [0.29, 0.717) is 37.5 Å². The van der Waals surface area contributed by atoms with E-state index in [1.807, 2.05) is 0 Å². The Labute approximate surface area is 561 Å². The molecule has 0 saturated heterocycles. The normalized spacial score (nSPS) is 14.6. The van der Waals surface area contributed by atoms with Crippen LogP contribution in [0.5, 0.6) is 0 Å². The van der Waals surface area contributed by atoms with Crippen molar-refractivity contribution in [1.82, 2.24) is 0 Å². The Morgan fingerprint density at radius 3 is 0.967 bits per heavy atom. The molecule has 0 fully saturated rings. The van der Waals surface area contributed by atoms with Crippen LogP contribution in [0, 0.1) is 17.8 Å². The van der Waals surface area contributed by atoms with E-state index in [1.165, 1.54) is 135 Å². The maximum atomic E-state index is 13.0. The molecule has 542 valence electrons. The molecule has 0 aromatic heterocycles. The van der Waals surface area contributed by atoms with Gasteiger partial charge in [0.1, 0.15) is 19.3 Å². The quantitative estimate of drug-likeness (QED) is 0.0169. The Morgan fingerprint density at radius 2 is 0.641 bits per heavy atom. The summed E-state index contributed by atoms with van der Waals surface area (Å²) >= 11 is 0. The van der Waals surface area contributed by atoms with Crippen molar-refractivity contribution in [3.8, 4) is 0 Å². The number of esters is 4. The molecule has 0 radical (unpaired) electrons. The molecule has 92 heavy (non-hydrogen) atoms. The number of unbranched alkanes of at least 4 members (excludes halogenated alkanes) is 33. The first kappa shape index (κ1) is 89.5. The summed E-state index contributed by atoms with van der Waals surface area (Å²) in [5.74, 6) is 0.0602. The highest BCUT2D eigenvalue weighted by molar-refractivity contribution is 7.47. The number of rotatable bonds is 69. The average molecular weight is 1350 g/mol. The van der Waals surface area contributed by atoms with E-state index in [1.54, 1.807) is 0 Å². The third-order valence-electron chi connectivity index (χ3n) is 16.6. The van der Waals surface area contributed by atoms with Crippen molar-refractivity contribution >= 4 is 39.5 Å². The fraction of sp³-hybridized carbons (Fsp3) is 0.890. The van der Waals surface area contributed by atoms with Gasteiger partial charge in [0.15, 0.2) is 12.2 Å². The molecular formula is C73H138O17P2. The maximum absolute atomic E-state index is 13.0. The lowest BCUT2D eigenvalue weighted by molar-refractivity contribution is -0.161. The lowest BCUT2D eigenvalue weighted by atomic mass is 9.99. The highest BCUT2D eigenvalue weighted by Gasteiger charge is 2.30. The van der Waals surface area contributed by atoms with Gasteiger partial charge in [-0.3, -0.25) is 37.3 Å². The lowest BCUT2D eigenvalue weighted by Crippen LogP contribution is -2.30. The lowest BCUT2D eigenvalue weighted by Gasteiger charge is -2.21. The number of ether oxygens (including phenoxy) is 4. The van der Waals surface area contributed by atoms with E-state index in [2.05, 4.69) is 72.8 Å². The van der Waals surface area contributed by atoms with Gasteiger partial charge in [-0.15, -0.1) is 0 Å². The molecule has 19 heteroatoms. The molecule has 0 aliphatic heterocycles. The molecule has 0 aliphatic rings. The van der Waals surface area contributed by atoms with Gasteiger partial charge in [0.05, 0.1) is 26.4 Å². The van der Waals surface area contributed by atoms with Crippen LogP contribution in [0.3, 0.4) is 0 Å². The van der Waals surface area contributed by atoms with Crippen LogP contribution in [0.2, 0.25) is 0 Å². The molecule has 4 unspecified atom stereocenters. The Balaban J connectivity index is 5.25. The Morgan fingerprint density at radius 1 is 0.359 bits per heavy atom. The van der Waals surface area contributed by atoms with Gasteiger partial charge in [-0.2, -0.15) is 0 Å². The van der Waals surface area contributed by atoms with Gasteiger partial charge in [-0.1, -0.05) is 291 Å². The molecule has 0 spiro atoms. The zero-order chi connectivity index (χ0) is 68.0. The van der Waals surface area contributed by atoms with Crippen molar-refractivity contribution in [2.24, 2.45) is 17.8 Å². The Bertz CT molecular complexity index is 1900. The molecule has 0 rings (SSSR count). The van der Waals surface area contributed by atoms with Gasteiger partial charge in [0.2, 0.25) is 0 Å². The maximum Gasteiger partial charge on any atom is 0.472 e. The third kappa shape index (κ3) is 64.9. The summed E-state index contributed by atoms with van der Waals surface area (Å²) in [7, 11) is -9.92. The first-order chi connectivity index (χ1) is 44.3. The van der Waals surface area contributed by atoms with Gasteiger partial charge in [0.25, 0.3) is 0 Å². The van der Waals surface area contributed by atoms with E-state index >= 15 is 0 Å². The number of phosphoric ester groups is 2. The van der Waals surface area contributed by atoms with Crippen molar-refractivity contribution in [3.63, 3.8) is 0 Å². The van der Waals surface area contributed by atoms with Crippen molar-refractivity contribution in [2.45, 2.75) is 362 Å². The van der Waals surface area contributed by atoms with Crippen LogP contribution in [0.15, 0.2) is 24.3 Å². The highest BCUT2D eigenvalue weighted by Crippen LogP contribution is 2.45. The van der Waals surface area contributed by atoms with E-state index in [4.69, 9.17) is 37.0 Å². The first-order valence-corrected chi connectivity index (χ1v) is 40.2. The van der Waals surface area contributed by atoms with Gasteiger partial charge < -0.3 is 33.8 Å². The summed E-state index contributed by atoms with van der Waals surface area (Å²) in [6.45, 7) is 11.7. The van der Waals surface area contributed by atoms with Crippen LogP contribution >= 0.6 is 15.6 Å². The Kier molecular flexibility index (Phi) is 61.6. The van der Waals surface area contributed by atoms with Crippen LogP contribution in [0.4, 0.5) is 0 Å². The molecule has 0 saturated carbocycles. The molecule has 0 aromatic carbocycles. The van der Waals surface area contributed by atoms with Crippen LogP contribution in [0.1, 0.15) is 344 Å². The van der Waals surface area contributed by atoms with Crippen molar-refractivity contribution in [1.29, 1.82) is 0 Å². The van der Waals surface area contributed by atoms with Crippen molar-refractivity contribution in [2.75, 3.05) is 39.6 Å². The summed E-state index contributed by atoms with van der Waals surface area (Å²) in [5.41, 5.74) is 0. The summed E-state index contributed by atoms with van der Waals surface area (Å²) in [6, 6.07) is 0. The monoisotopic (exact) mass is 1350 g/mol. The predicted molar refractivity (Wildman–Crippen MR) is 372 cm³/mol. The minimum absolute atomic E-state index is 0.0846. The number of hydrogen-bond donors (Lipinski definition) is 3. The SMILES string of the molecule is CCCCCC/C=C\C=C/CCCCCCCC(=O)O[C@H](COC(=O)CCCCCCCCCCCCCCCCC(C)CC)COP(=O)(O)OCC(O)COP(=O)(O)OC[C@@H](COC(=O)CCCCCCCCCC(C)C)OC(=O)CCCCCCCCC(C)C. The standard InChI is InChI=1S/C73H138O17P2/c1-8-10-11-12-13-14-15-16-17-22-25-28-33-42-49-56-72(77)89-68(60-83-70(75)54-47-40-32-27-24-21-19-18-20-23-26-31-39-46-53-66(7)9-2)62-87-91(79,80)85-58-67(74)59-86-92(81,82)88-63-69(90-73(78)57-50-43-36-35-38-45-52-65(5)6)61-84-71(76)55-48-41-34-29-30-37-44-51-64(3)4/h14-17,64-69,74H,8-13,18-63H2,1-7H3,(H,79,80)(H,81,82)/b15-14-,17-16-/t66?,67?,68-,69-/m1/s1. The van der Waals surface area contributed by atoms with Gasteiger partial charge in [-0.05, 0) is 69.1 Å². The second-order valence-corrected chi connectivity index (χ2v) is 29.7. The number of allylic oxidation sites excluding steroid dienone is 4. The summed E-state index contributed by atoms with van der Waals surface area (Å²) in [5, 5.41) is 10.6. The second-order valence-electron chi connectivity index (χ2n) is 26.8. The van der Waals surface area contributed by atoms with Crippen LogP contribution in [-0.4, -0.2) is 96.7 Å². The largest absolute Gasteiger partial charge is 0.472 e. The van der Waals surface area contributed by atoms with Crippen molar-refractivity contribution in [3.05, 3.63) is 24.3 Å². The molecule has 6 atom stereocenters. The molecule has 0 amide bonds. The fourth-order valence-corrected chi connectivity index (χ4v) is 12.1. The summed E-state index contributed by atoms with van der Waals surface area (Å²) in [4.78, 5) is 72.5. The van der Waals surface area contributed by atoms with Crippen molar-refractivity contribution < 1.29 is 80.2 Å². The average Bonchev–Trinajstić information content (AvgIpc) is 2.45. The molecule has 0 aliphatic carbocycles. The second kappa shape index (κ2) is 63.3. The van der Waals surface area contributed by atoms with E-state index in [9.17, 15) is 43.2 Å². The van der Waals surface area contributed by atoms with Crippen LogP contribution in [0.25, 0.3) is 0 Å². The van der Waals surface area contributed by atoms with Crippen LogP contribution < -0.4 is 0 Å². The Hall–Kier alpha value is -2.46. The molecule has 17 nitrogen and oxygen atoms in total. The molecular weight excluding hydrogens is 1210 g/mol. The first-order valence-electron chi connectivity index (χ1n) is 37.2. The van der Waals surface area contributed by atoms with Gasteiger partial charge in [0, 0.05) is 25.7 Å². The number of aliphatic hydroxyl groups is 1. The third-order valence-corrected chi connectivity index (χ3v) is 18.5. The molecule has 3 N–H and O–H groups in total. The van der Waals surface area contributed by atoms with Gasteiger partial charge >= 0.3 is 39.5 Å². The smallest absolute Gasteiger partial charge is 0.462 e. The number of aliphatic hydroxyl groups excluding tert-OH is 1. The summed E-state index contributed by atoms with van der Waals surface area (Å²) in [6.07, 6.45) is 51.0. The fourth-order valence-electron chi connectivity index (χ4n) is 10.5. The molecule has 0 heterocycles. The van der Waals surface area contributed by atoms with E-state index in [-0.39, 0.29) is 25.7 Å². The highest BCUT2D eigenvalue weighted by atomic mass is 31.2. The molecule has 0 bridgehead atoms. The molecule has 0 aromatic rings. The zero-order valence-corrected chi connectivity index (χ0v) is 61.3.